The molecule has 0 unspecified atom stereocenters. The van der Waals surface area contributed by atoms with Crippen molar-refractivity contribution in [1.29, 1.82) is 0 Å². The van der Waals surface area contributed by atoms with Gasteiger partial charge in [-0.1, -0.05) is 0 Å². The van der Waals surface area contributed by atoms with Crippen LogP contribution in [0.25, 0.3) is 0 Å². The quantitative estimate of drug-likeness (QED) is 0.329. The molecule has 0 aromatic heterocycles. The zero-order chi connectivity index (χ0) is 22.0. The van der Waals surface area contributed by atoms with Crippen LogP contribution in [0.3, 0.4) is 0 Å². The molecule has 0 saturated carbocycles. The fourth-order valence-electron chi connectivity index (χ4n) is 3.11. The first-order valence-electron chi connectivity index (χ1n) is 9.02. The Morgan fingerprint density at radius 1 is 1.03 bits per heavy atom. The zero-order valence-corrected chi connectivity index (χ0v) is 18.3. The van der Waals surface area contributed by atoms with Crippen LogP contribution >= 0.6 is 20.2 Å². The van der Waals surface area contributed by atoms with Gasteiger partial charge in [0.05, 0.1) is 0 Å². The van der Waals surface area contributed by atoms with E-state index >= 15 is 0 Å². The average Bonchev–Trinajstić information content (AvgIpc) is 2.95. The van der Waals surface area contributed by atoms with Crippen molar-refractivity contribution < 1.29 is 34.2 Å². The molecule has 0 aliphatic carbocycles. The van der Waals surface area contributed by atoms with E-state index in [0.29, 0.717) is 28.5 Å². The average molecular weight is 537 g/mol. The van der Waals surface area contributed by atoms with Gasteiger partial charge in [0, 0.05) is 0 Å². The summed E-state index contributed by atoms with van der Waals surface area (Å²) in [6.07, 6.45) is -9.71. The third-order valence-corrected chi connectivity index (χ3v) is 9.73. The molecule has 1 aromatic rings. The molecule has 0 radical (unpaired) electrons. The number of carbonyl (C=O) groups excluding carboxylic acids is 1. The van der Waals surface area contributed by atoms with Crippen molar-refractivity contribution in [3.63, 3.8) is 0 Å². The summed E-state index contributed by atoms with van der Waals surface area (Å²) in [4.78, 5) is 11.6. The Bertz CT molecular complexity index is 774. The maximum atomic E-state index is 13.9. The fourth-order valence-corrected chi connectivity index (χ4v) is 9.35. The van der Waals surface area contributed by atoms with Gasteiger partial charge < -0.3 is 0 Å². The number of alkyl halides is 6. The molecule has 3 nitrogen and oxygen atoms in total. The molecular formula is C19H22F6INO2. The summed E-state index contributed by atoms with van der Waals surface area (Å²) in [5.41, 5.74) is -4.87. The second-order valence-corrected chi connectivity index (χ2v) is 10.9. The Hall–Kier alpha value is -1.30. The van der Waals surface area contributed by atoms with E-state index in [9.17, 15) is 31.1 Å². The van der Waals surface area contributed by atoms with Crippen molar-refractivity contribution in [2.75, 3.05) is 0 Å². The topological polar surface area (TPSA) is 38.3 Å². The van der Waals surface area contributed by atoms with E-state index in [1.165, 1.54) is 19.1 Å². The van der Waals surface area contributed by atoms with Crippen LogP contribution in [-0.2, 0) is 13.5 Å². The second kappa shape index (κ2) is 8.83. The van der Waals surface area contributed by atoms with E-state index in [1.807, 2.05) is 6.92 Å². The molecule has 0 spiro atoms. The Morgan fingerprint density at radius 2 is 1.59 bits per heavy atom. The van der Waals surface area contributed by atoms with E-state index in [0.717, 1.165) is 12.1 Å². The van der Waals surface area contributed by atoms with Gasteiger partial charge in [0.2, 0.25) is 0 Å². The number of nitrogens with one attached hydrogen (secondary N) is 1. The van der Waals surface area contributed by atoms with E-state index in [1.54, 1.807) is 6.92 Å². The number of halogens is 7. The Balaban J connectivity index is 2.77. The van der Waals surface area contributed by atoms with Gasteiger partial charge in [-0.25, -0.2) is 0 Å². The van der Waals surface area contributed by atoms with Crippen LogP contribution in [-0.4, -0.2) is 18.3 Å². The standard InChI is InChI=1S/C19H22F6INO2/c1-4-8-15(16(9-5-2)27-12(3)28)26-14-11-7-6-10-13(14)17(29-26,18(20,21)22)19(23,24)25/h6-7,10-11H,4-5,8-9H2,1-3H3,(H,27,28)/b16-15+. The third kappa shape index (κ3) is 4.42. The van der Waals surface area contributed by atoms with Gasteiger partial charge >= 0.3 is 173 Å². The predicted molar refractivity (Wildman–Crippen MR) is 105 cm³/mol. The SMILES string of the molecule is CCC/C(NC(C)=O)=C(/CCC)I1OC(C(F)(F)F)(C(F)(F)F)c2ccccc21. The van der Waals surface area contributed by atoms with Crippen LogP contribution in [0.5, 0.6) is 0 Å². The fraction of sp³-hybridized carbons (Fsp3) is 0.526. The minimum atomic E-state index is -5.68. The molecule has 1 amide bonds. The predicted octanol–water partition coefficient (Wildman–Crippen LogP) is 6.58. The van der Waals surface area contributed by atoms with Gasteiger partial charge in [-0.3, -0.25) is 0 Å². The molecule has 1 N–H and O–H groups in total. The van der Waals surface area contributed by atoms with E-state index in [-0.39, 0.29) is 9.99 Å². The third-order valence-electron chi connectivity index (χ3n) is 4.26. The van der Waals surface area contributed by atoms with Gasteiger partial charge in [-0.15, -0.1) is 0 Å². The van der Waals surface area contributed by atoms with Gasteiger partial charge in [-0.2, -0.15) is 0 Å². The first kappa shape index (κ1) is 24.0. The molecule has 1 aliphatic rings. The molecule has 0 fully saturated rings. The van der Waals surface area contributed by atoms with Gasteiger partial charge in [-0.05, 0) is 0 Å². The monoisotopic (exact) mass is 537 g/mol. The normalized spacial score (nSPS) is 18.3. The molecule has 1 heterocycles. The Labute approximate surface area is 172 Å². The van der Waals surface area contributed by atoms with Crippen LogP contribution in [0.15, 0.2) is 33.5 Å². The van der Waals surface area contributed by atoms with Crippen molar-refractivity contribution >= 4 is 26.1 Å². The number of allylic oxidation sites excluding steroid dienone is 2. The van der Waals surface area contributed by atoms with Gasteiger partial charge in [0.1, 0.15) is 0 Å². The molecule has 164 valence electrons. The molecule has 29 heavy (non-hydrogen) atoms. The first-order valence-corrected chi connectivity index (χ1v) is 12.1. The summed E-state index contributed by atoms with van der Waals surface area (Å²) in [5, 5.41) is 2.62. The number of hydrogen-bond acceptors (Lipinski definition) is 2. The Morgan fingerprint density at radius 3 is 2.07 bits per heavy atom. The van der Waals surface area contributed by atoms with Crippen LogP contribution in [0.2, 0.25) is 0 Å². The number of hydrogen-bond donors (Lipinski definition) is 1. The number of fused-ring (bicyclic) bond motifs is 1. The minimum absolute atomic E-state index is 0.0336. The van der Waals surface area contributed by atoms with E-state index < -0.39 is 49.7 Å². The molecule has 1 aliphatic heterocycles. The summed E-state index contributed by atoms with van der Waals surface area (Å²) < 4.78 is 88.6. The van der Waals surface area contributed by atoms with Crippen LogP contribution in [0, 0.1) is 3.57 Å². The molecule has 10 heteroatoms. The van der Waals surface area contributed by atoms with Crippen LogP contribution in [0.1, 0.15) is 52.0 Å². The van der Waals surface area contributed by atoms with Crippen molar-refractivity contribution in [2.45, 2.75) is 64.4 Å². The molecule has 0 atom stereocenters. The van der Waals surface area contributed by atoms with Crippen molar-refractivity contribution in [2.24, 2.45) is 0 Å². The van der Waals surface area contributed by atoms with Crippen LogP contribution < -0.4 is 5.32 Å². The van der Waals surface area contributed by atoms with E-state index in [4.69, 9.17) is 3.07 Å². The number of rotatable bonds is 6. The van der Waals surface area contributed by atoms with E-state index in [2.05, 4.69) is 5.32 Å². The zero-order valence-electron chi connectivity index (χ0n) is 16.1. The van der Waals surface area contributed by atoms with Gasteiger partial charge in [0.25, 0.3) is 0 Å². The summed E-state index contributed by atoms with van der Waals surface area (Å²) in [6.45, 7) is 4.84. The number of benzene rings is 1. The summed E-state index contributed by atoms with van der Waals surface area (Å²) in [6, 6.07) is 4.69. The summed E-state index contributed by atoms with van der Waals surface area (Å²) in [7, 11) is 0. The first-order chi connectivity index (χ1) is 13.4. The Kier molecular flexibility index (Phi) is 7.30. The second-order valence-electron chi connectivity index (χ2n) is 6.55. The van der Waals surface area contributed by atoms with Crippen molar-refractivity contribution in [1.82, 2.24) is 5.32 Å². The molecular weight excluding hydrogens is 515 g/mol. The molecule has 0 bridgehead atoms. The molecule has 2 rings (SSSR count). The number of carbonyl (C=O) groups is 1. The van der Waals surface area contributed by atoms with Crippen LogP contribution in [0.4, 0.5) is 26.3 Å². The van der Waals surface area contributed by atoms with Crippen molar-refractivity contribution in [3.05, 3.63) is 42.7 Å². The summed E-state index contributed by atoms with van der Waals surface area (Å²) >= 11 is -3.59. The van der Waals surface area contributed by atoms with Crippen molar-refractivity contribution in [3.8, 4) is 0 Å². The molecule has 0 saturated heterocycles. The summed E-state index contributed by atoms with van der Waals surface area (Å²) in [5.74, 6) is -0.427. The number of amides is 1. The molecule has 1 aromatic carbocycles. The maximum absolute atomic E-state index is 13.9. The van der Waals surface area contributed by atoms with Gasteiger partial charge in [0.15, 0.2) is 0 Å².